The van der Waals surface area contributed by atoms with Gasteiger partial charge in [0.25, 0.3) is 21.5 Å². The van der Waals surface area contributed by atoms with Gasteiger partial charge in [-0.15, -0.1) is 11.3 Å². The van der Waals surface area contributed by atoms with Gasteiger partial charge < -0.3 is 9.47 Å². The second kappa shape index (κ2) is 10.9. The summed E-state index contributed by atoms with van der Waals surface area (Å²) in [5.41, 5.74) is 0.660. The average molecular weight is 542 g/mol. The van der Waals surface area contributed by atoms with Gasteiger partial charge in [-0.05, 0) is 43.7 Å². The number of rotatable bonds is 9. The number of fused-ring (bicyclic) bond motifs is 1. The Bertz CT molecular complexity index is 1610. The maximum atomic E-state index is 13.0. The first-order valence-corrected chi connectivity index (χ1v) is 13.4. The van der Waals surface area contributed by atoms with E-state index in [9.17, 15) is 22.8 Å². The predicted octanol–water partition coefficient (Wildman–Crippen LogP) is 2.82. The highest BCUT2D eigenvalue weighted by atomic mass is 32.2. The van der Waals surface area contributed by atoms with Crippen LogP contribution in [0.5, 0.6) is 5.75 Å². The van der Waals surface area contributed by atoms with Crippen LogP contribution in [0.15, 0.2) is 70.6 Å². The van der Waals surface area contributed by atoms with E-state index in [0.717, 1.165) is 27.8 Å². The normalized spacial score (nSPS) is 11.3. The van der Waals surface area contributed by atoms with E-state index in [4.69, 9.17) is 9.47 Å². The Labute approximate surface area is 216 Å². The quantitative estimate of drug-likeness (QED) is 0.253. The third-order valence-electron chi connectivity index (χ3n) is 5.32. The van der Waals surface area contributed by atoms with Crippen molar-refractivity contribution in [2.75, 3.05) is 13.2 Å². The van der Waals surface area contributed by atoms with E-state index in [-0.39, 0.29) is 28.4 Å². The molecule has 2 aromatic heterocycles. The first-order chi connectivity index (χ1) is 17.7. The number of benzene rings is 2. The Morgan fingerprint density at radius 3 is 2.43 bits per heavy atom. The number of hydrogen-bond acceptors (Lipinski definition) is 9. The number of thiophene rings is 1. The zero-order valence-corrected chi connectivity index (χ0v) is 21.6. The van der Waals surface area contributed by atoms with Gasteiger partial charge in [0, 0.05) is 0 Å². The molecular formula is C25H23N3O7S2. The number of aryl methyl sites for hydroxylation is 2. The summed E-state index contributed by atoms with van der Waals surface area (Å²) in [5, 5.41) is 0.161. The van der Waals surface area contributed by atoms with Gasteiger partial charge in [0.1, 0.15) is 35.2 Å². The van der Waals surface area contributed by atoms with E-state index in [1.165, 1.54) is 12.1 Å². The van der Waals surface area contributed by atoms with E-state index < -0.39 is 34.0 Å². The highest BCUT2D eigenvalue weighted by Crippen LogP contribution is 2.27. The van der Waals surface area contributed by atoms with Crippen molar-refractivity contribution in [3.8, 4) is 5.75 Å². The van der Waals surface area contributed by atoms with Gasteiger partial charge in [-0.1, -0.05) is 35.9 Å². The van der Waals surface area contributed by atoms with Crippen LogP contribution in [0.2, 0.25) is 0 Å². The van der Waals surface area contributed by atoms with E-state index in [2.05, 4.69) is 4.98 Å². The lowest BCUT2D eigenvalue weighted by molar-refractivity contribution is -0.119. The molecule has 1 amide bonds. The fourth-order valence-electron chi connectivity index (χ4n) is 3.46. The van der Waals surface area contributed by atoms with Crippen LogP contribution < -0.4 is 15.0 Å². The van der Waals surface area contributed by atoms with Crippen molar-refractivity contribution in [1.82, 2.24) is 14.3 Å². The standard InChI is InChI=1S/C25H23N3O7S2/c1-16-8-10-19(11-9-16)37(32,33)27-20(29)14-28-15-26-23-21(24(28)30)17(2)22(36-23)25(31)35-13-12-34-18-6-4-3-5-7-18/h3-11,15H,12-14H2,1-2H3,(H,27,29). The van der Waals surface area contributed by atoms with Crippen molar-refractivity contribution in [2.45, 2.75) is 25.3 Å². The predicted molar refractivity (Wildman–Crippen MR) is 137 cm³/mol. The summed E-state index contributed by atoms with van der Waals surface area (Å²) >= 11 is 1.00. The van der Waals surface area contributed by atoms with Gasteiger partial charge in [-0.25, -0.2) is 22.9 Å². The summed E-state index contributed by atoms with van der Waals surface area (Å²) in [6.07, 6.45) is 1.14. The summed E-state index contributed by atoms with van der Waals surface area (Å²) in [6.45, 7) is 2.99. The molecule has 0 fully saturated rings. The molecule has 10 nitrogen and oxygen atoms in total. The van der Waals surface area contributed by atoms with Gasteiger partial charge in [0.2, 0.25) is 0 Å². The molecule has 1 N–H and O–H groups in total. The fraction of sp³-hybridized carbons (Fsp3) is 0.200. The number of amides is 1. The number of aromatic nitrogens is 2. The SMILES string of the molecule is Cc1ccc(S(=O)(=O)NC(=O)Cn2cnc3sc(C(=O)OCCOc4ccccc4)c(C)c3c2=O)cc1. The van der Waals surface area contributed by atoms with Gasteiger partial charge in [-0.3, -0.25) is 14.2 Å². The van der Waals surface area contributed by atoms with Gasteiger partial charge in [0.15, 0.2) is 0 Å². The van der Waals surface area contributed by atoms with Crippen molar-refractivity contribution in [1.29, 1.82) is 0 Å². The molecule has 2 aromatic carbocycles. The number of carbonyl (C=O) groups is 2. The lowest BCUT2D eigenvalue weighted by atomic mass is 10.2. The highest BCUT2D eigenvalue weighted by Gasteiger charge is 2.22. The molecule has 12 heteroatoms. The first-order valence-electron chi connectivity index (χ1n) is 11.1. The van der Waals surface area contributed by atoms with Crippen molar-refractivity contribution in [3.63, 3.8) is 0 Å². The molecule has 0 saturated carbocycles. The number of ether oxygens (including phenoxy) is 2. The Kier molecular flexibility index (Phi) is 7.69. The molecule has 2 heterocycles. The second-order valence-electron chi connectivity index (χ2n) is 8.05. The zero-order valence-electron chi connectivity index (χ0n) is 20.0. The fourth-order valence-corrected chi connectivity index (χ4v) is 5.47. The van der Waals surface area contributed by atoms with E-state index in [1.54, 1.807) is 31.2 Å². The van der Waals surface area contributed by atoms with Crippen LogP contribution in [-0.2, 0) is 26.1 Å². The van der Waals surface area contributed by atoms with Gasteiger partial charge in [0.05, 0.1) is 16.6 Å². The Morgan fingerprint density at radius 2 is 1.73 bits per heavy atom. The van der Waals surface area contributed by atoms with E-state index in [0.29, 0.717) is 16.1 Å². The summed E-state index contributed by atoms with van der Waals surface area (Å²) < 4.78 is 38.7. The highest BCUT2D eigenvalue weighted by molar-refractivity contribution is 7.90. The molecule has 37 heavy (non-hydrogen) atoms. The minimum Gasteiger partial charge on any atom is -0.490 e. The number of nitrogens with zero attached hydrogens (tertiary/aromatic N) is 2. The Balaban J connectivity index is 1.44. The summed E-state index contributed by atoms with van der Waals surface area (Å²) in [6, 6.07) is 15.1. The van der Waals surface area contributed by atoms with Crippen LogP contribution in [0.1, 0.15) is 20.8 Å². The smallest absolute Gasteiger partial charge is 0.348 e. The third kappa shape index (κ3) is 6.04. The van der Waals surface area contributed by atoms with Crippen LogP contribution in [-0.4, -0.2) is 43.1 Å². The number of para-hydroxylation sites is 1. The summed E-state index contributed by atoms with van der Waals surface area (Å²) in [5.74, 6) is -0.878. The topological polar surface area (TPSA) is 134 Å². The minimum absolute atomic E-state index is 0.00863. The zero-order chi connectivity index (χ0) is 26.6. The van der Waals surface area contributed by atoms with Crippen LogP contribution >= 0.6 is 11.3 Å². The molecule has 0 radical (unpaired) electrons. The Hall–Kier alpha value is -4.03. The van der Waals surface area contributed by atoms with Crippen LogP contribution in [0, 0.1) is 13.8 Å². The maximum absolute atomic E-state index is 13.0. The first kappa shape index (κ1) is 26.0. The molecule has 192 valence electrons. The molecule has 0 aliphatic carbocycles. The van der Waals surface area contributed by atoms with Crippen molar-refractivity contribution >= 4 is 43.5 Å². The molecular weight excluding hydrogens is 518 g/mol. The number of sulfonamides is 1. The lowest BCUT2D eigenvalue weighted by Gasteiger charge is -2.09. The van der Waals surface area contributed by atoms with E-state index in [1.807, 2.05) is 29.8 Å². The minimum atomic E-state index is -4.10. The lowest BCUT2D eigenvalue weighted by Crippen LogP contribution is -2.36. The molecule has 0 saturated heterocycles. The summed E-state index contributed by atoms with van der Waals surface area (Å²) in [7, 11) is -4.10. The van der Waals surface area contributed by atoms with Crippen LogP contribution in [0.3, 0.4) is 0 Å². The van der Waals surface area contributed by atoms with Crippen molar-refractivity contribution in [2.24, 2.45) is 0 Å². The number of hydrogen-bond donors (Lipinski definition) is 1. The van der Waals surface area contributed by atoms with Crippen molar-refractivity contribution in [3.05, 3.63) is 87.3 Å². The number of nitrogens with one attached hydrogen (secondary N) is 1. The largest absolute Gasteiger partial charge is 0.490 e. The van der Waals surface area contributed by atoms with E-state index >= 15 is 0 Å². The molecule has 4 rings (SSSR count). The third-order valence-corrected chi connectivity index (χ3v) is 7.89. The van der Waals surface area contributed by atoms with Crippen LogP contribution in [0.25, 0.3) is 10.2 Å². The van der Waals surface area contributed by atoms with Gasteiger partial charge >= 0.3 is 5.97 Å². The maximum Gasteiger partial charge on any atom is 0.348 e. The molecule has 0 aliphatic rings. The Morgan fingerprint density at radius 1 is 1.03 bits per heavy atom. The van der Waals surface area contributed by atoms with Crippen LogP contribution in [0.4, 0.5) is 0 Å². The molecule has 0 aliphatic heterocycles. The second-order valence-corrected chi connectivity index (χ2v) is 10.7. The van der Waals surface area contributed by atoms with Gasteiger partial charge in [-0.2, -0.15) is 0 Å². The molecule has 0 bridgehead atoms. The molecule has 0 atom stereocenters. The molecule has 0 spiro atoms. The number of carbonyl (C=O) groups excluding carboxylic acids is 2. The molecule has 4 aromatic rings. The van der Waals surface area contributed by atoms with Crippen molar-refractivity contribution < 1.29 is 27.5 Å². The molecule has 0 unspecified atom stereocenters. The summed E-state index contributed by atoms with van der Waals surface area (Å²) in [4.78, 5) is 42.7. The number of esters is 1. The monoisotopic (exact) mass is 541 g/mol. The average Bonchev–Trinajstić information content (AvgIpc) is 3.21.